The lowest BCUT2D eigenvalue weighted by atomic mass is 9.90. The van der Waals surface area contributed by atoms with Gasteiger partial charge in [0.1, 0.15) is 28.8 Å². The van der Waals surface area contributed by atoms with Crippen LogP contribution in [0.5, 0.6) is 11.5 Å². The maximum absolute atomic E-state index is 13.9. The molecule has 11 nitrogen and oxygen atoms in total. The van der Waals surface area contributed by atoms with Gasteiger partial charge in [0, 0.05) is 25.9 Å². The number of carbonyl (C=O) groups is 1. The first-order chi connectivity index (χ1) is 19.6. The van der Waals surface area contributed by atoms with Crippen molar-refractivity contribution in [3.63, 3.8) is 0 Å². The maximum atomic E-state index is 13.9. The minimum absolute atomic E-state index is 0.0152. The van der Waals surface area contributed by atoms with Crippen molar-refractivity contribution in [3.8, 4) is 28.8 Å². The summed E-state index contributed by atoms with van der Waals surface area (Å²) in [6, 6.07) is 14.5. The first-order valence-electron chi connectivity index (χ1n) is 12.9. The van der Waals surface area contributed by atoms with Crippen LogP contribution < -0.4 is 14.2 Å². The Morgan fingerprint density at radius 1 is 1.02 bits per heavy atom. The molecule has 1 N–H and O–H groups in total. The highest BCUT2D eigenvalue weighted by Crippen LogP contribution is 2.39. The zero-order valence-electron chi connectivity index (χ0n) is 23.0. The Bertz CT molecular complexity index is 1650. The molecule has 1 amide bonds. The molecule has 1 fully saturated rings. The van der Waals surface area contributed by atoms with E-state index < -0.39 is 21.1 Å². The third-order valence-electron chi connectivity index (χ3n) is 7.12. The predicted molar refractivity (Wildman–Crippen MR) is 149 cm³/mol. The second kappa shape index (κ2) is 11.2. The molecule has 0 aliphatic carbocycles. The molecule has 41 heavy (non-hydrogen) atoms. The number of para-hydroxylation sites is 1. The highest BCUT2D eigenvalue weighted by Gasteiger charge is 2.38. The number of hydrogen-bond acceptors (Lipinski definition) is 8. The number of nitrogens with zero attached hydrogens (tertiary/aromatic N) is 4. The van der Waals surface area contributed by atoms with Gasteiger partial charge in [-0.25, -0.2) is 12.8 Å². The number of likely N-dealkylation sites (tertiary alicyclic amines) is 1. The van der Waals surface area contributed by atoms with Crippen LogP contribution in [0.25, 0.3) is 17.3 Å². The Morgan fingerprint density at radius 3 is 2.29 bits per heavy atom. The van der Waals surface area contributed by atoms with Crippen molar-refractivity contribution in [3.05, 3.63) is 71.7 Å². The first kappa shape index (κ1) is 28.1. The van der Waals surface area contributed by atoms with Gasteiger partial charge in [0.15, 0.2) is 5.76 Å². The Labute approximate surface area is 236 Å². The van der Waals surface area contributed by atoms with Gasteiger partial charge in [0.05, 0.1) is 19.5 Å². The van der Waals surface area contributed by atoms with Crippen LogP contribution in [-0.2, 0) is 14.8 Å². The number of halogens is 1. The van der Waals surface area contributed by atoms with Crippen molar-refractivity contribution in [1.82, 2.24) is 19.7 Å². The summed E-state index contributed by atoms with van der Waals surface area (Å²) in [5.41, 5.74) is 1.11. The van der Waals surface area contributed by atoms with E-state index in [9.17, 15) is 17.6 Å². The Balaban J connectivity index is 1.57. The van der Waals surface area contributed by atoms with Crippen LogP contribution in [0.2, 0.25) is 0 Å². The van der Waals surface area contributed by atoms with Crippen molar-refractivity contribution in [2.45, 2.75) is 31.4 Å². The van der Waals surface area contributed by atoms with Crippen LogP contribution in [0.15, 0.2) is 59.0 Å². The van der Waals surface area contributed by atoms with Gasteiger partial charge in [0.2, 0.25) is 27.7 Å². The summed E-state index contributed by atoms with van der Waals surface area (Å²) in [6.45, 7) is 3.48. The molecule has 0 bridgehead atoms. The van der Waals surface area contributed by atoms with E-state index in [1.165, 1.54) is 42.7 Å². The normalized spacial score (nSPS) is 17.3. The second-order valence-electron chi connectivity index (χ2n) is 9.78. The van der Waals surface area contributed by atoms with Crippen LogP contribution in [0.4, 0.5) is 10.3 Å². The summed E-state index contributed by atoms with van der Waals surface area (Å²) < 4.78 is 62.5. The summed E-state index contributed by atoms with van der Waals surface area (Å²) in [6.07, 6.45) is 0.209. The summed E-state index contributed by atoms with van der Waals surface area (Å²) in [5, 5.41) is 7.44. The van der Waals surface area contributed by atoms with Gasteiger partial charge < -0.3 is 18.8 Å². The molecule has 2 atom stereocenters. The lowest BCUT2D eigenvalue weighted by molar-refractivity contribution is -0.129. The smallest absolute Gasteiger partial charge is 0.243 e. The largest absolute Gasteiger partial charge is 0.494 e. The number of nitrogens with one attached hydrogen (secondary N) is 1. The molecule has 5 rings (SSSR count). The minimum atomic E-state index is -4.14. The van der Waals surface area contributed by atoms with Gasteiger partial charge in [0.25, 0.3) is 0 Å². The van der Waals surface area contributed by atoms with Crippen LogP contribution in [0.3, 0.4) is 0 Å². The fourth-order valence-corrected chi connectivity index (χ4v) is 6.47. The molecular weight excluding hydrogens is 553 g/mol. The van der Waals surface area contributed by atoms with E-state index in [0.717, 1.165) is 5.56 Å². The minimum Gasteiger partial charge on any atom is -0.494 e. The molecule has 2 aromatic carbocycles. The number of aromatic nitrogens is 3. The van der Waals surface area contributed by atoms with Crippen LogP contribution in [-0.4, -0.2) is 66.5 Å². The number of rotatable bonds is 8. The van der Waals surface area contributed by atoms with E-state index in [2.05, 4.69) is 14.9 Å². The molecule has 1 aliphatic heterocycles. The molecule has 13 heteroatoms. The third-order valence-corrected chi connectivity index (χ3v) is 8.81. The molecule has 2 aromatic heterocycles. The number of hydrogen-bond donors (Lipinski definition) is 1. The van der Waals surface area contributed by atoms with Crippen molar-refractivity contribution in [1.29, 1.82) is 0 Å². The number of amides is 1. The lowest BCUT2D eigenvalue weighted by Crippen LogP contribution is -2.48. The summed E-state index contributed by atoms with van der Waals surface area (Å²) in [5.74, 6) is 0.876. The van der Waals surface area contributed by atoms with Gasteiger partial charge in [-0.05, 0) is 55.3 Å². The molecule has 0 spiro atoms. The lowest BCUT2D eigenvalue weighted by Gasteiger charge is -2.37. The molecule has 4 aromatic rings. The zero-order chi connectivity index (χ0) is 29.3. The van der Waals surface area contributed by atoms with E-state index in [4.69, 9.17) is 13.9 Å². The van der Waals surface area contributed by atoms with Gasteiger partial charge in [-0.3, -0.25) is 14.1 Å². The fraction of sp³-hybridized carbons (Fsp3) is 0.321. The number of methoxy groups -OCH3 is 2. The van der Waals surface area contributed by atoms with Gasteiger partial charge in [-0.2, -0.15) is 0 Å². The van der Waals surface area contributed by atoms with Gasteiger partial charge in [-0.15, -0.1) is 10.2 Å². The van der Waals surface area contributed by atoms with Crippen molar-refractivity contribution in [2.75, 3.05) is 32.0 Å². The first-order valence-corrected chi connectivity index (χ1v) is 14.4. The van der Waals surface area contributed by atoms with Crippen molar-refractivity contribution in [2.24, 2.45) is 0 Å². The number of benzene rings is 2. The van der Waals surface area contributed by atoms with E-state index in [1.54, 1.807) is 49.4 Å². The Kier molecular flexibility index (Phi) is 7.72. The van der Waals surface area contributed by atoms with E-state index >= 15 is 0 Å². The zero-order valence-corrected chi connectivity index (χ0v) is 23.8. The fourth-order valence-electron chi connectivity index (χ4n) is 5.05. The summed E-state index contributed by atoms with van der Waals surface area (Å²) in [4.78, 5) is 13.9. The molecule has 0 saturated carbocycles. The third kappa shape index (κ3) is 5.62. The van der Waals surface area contributed by atoms with Gasteiger partial charge in [-0.1, -0.05) is 18.2 Å². The van der Waals surface area contributed by atoms with Gasteiger partial charge >= 0.3 is 0 Å². The average Bonchev–Trinajstić information content (AvgIpc) is 3.57. The summed E-state index contributed by atoms with van der Waals surface area (Å²) in [7, 11) is -1.17. The quantitative estimate of drug-likeness (QED) is 0.328. The standard InChI is InChI=1S/C28H30FN5O6S/c1-17-8-13-25(40-17)27-30-31-28(34(27)26-23(38-3)6-5-7-24(26)39-4)32-41(36,37)22-14-20(15-33(16-22)18(2)35)19-9-11-21(29)12-10-19/h5-13,20,22H,14-16H2,1-4H3,(H,31,32)/t20-,22-/m1/s1. The number of furan rings is 1. The number of carbonyl (C=O) groups excluding carboxylic acids is 1. The molecule has 0 radical (unpaired) electrons. The molecular formula is C28H30FN5O6S. The van der Waals surface area contributed by atoms with Crippen LogP contribution in [0, 0.1) is 12.7 Å². The number of ether oxygens (including phenoxy) is 2. The van der Waals surface area contributed by atoms with Crippen molar-refractivity contribution < 1.29 is 31.5 Å². The second-order valence-corrected chi connectivity index (χ2v) is 11.7. The molecule has 216 valence electrons. The van der Waals surface area contributed by atoms with Crippen LogP contribution in [0.1, 0.15) is 30.6 Å². The Hall–Kier alpha value is -4.39. The van der Waals surface area contributed by atoms with Crippen LogP contribution >= 0.6 is 0 Å². The highest BCUT2D eigenvalue weighted by molar-refractivity contribution is 7.93. The van der Waals surface area contributed by atoms with Crippen molar-refractivity contribution >= 4 is 21.9 Å². The monoisotopic (exact) mass is 583 g/mol. The average molecular weight is 584 g/mol. The van der Waals surface area contributed by atoms with E-state index in [1.807, 2.05) is 0 Å². The maximum Gasteiger partial charge on any atom is 0.243 e. The highest BCUT2D eigenvalue weighted by atomic mass is 32.2. The molecule has 1 aliphatic rings. The predicted octanol–water partition coefficient (Wildman–Crippen LogP) is 4.14. The number of piperidine rings is 1. The SMILES string of the molecule is COc1cccc(OC)c1-n1c(NS(=O)(=O)[C@@H]2C[C@@H](c3ccc(F)cc3)CN(C(C)=O)C2)nnc1-c1ccc(C)o1. The number of sulfonamides is 1. The topological polar surface area (TPSA) is 129 Å². The number of anilines is 1. The molecule has 3 heterocycles. The van der Waals surface area contributed by atoms with E-state index in [0.29, 0.717) is 35.3 Å². The molecule has 0 unspecified atom stereocenters. The molecule has 1 saturated heterocycles. The Morgan fingerprint density at radius 2 is 1.71 bits per heavy atom. The number of aryl methyl sites for hydroxylation is 1. The van der Waals surface area contributed by atoms with E-state index in [-0.39, 0.29) is 36.6 Å². The summed E-state index contributed by atoms with van der Waals surface area (Å²) >= 11 is 0.